The number of nitrogens with zero attached hydrogens (tertiary/aromatic N) is 4. The Morgan fingerprint density at radius 1 is 1.00 bits per heavy atom. The average molecular weight is 327 g/mol. The molecule has 4 rings (SSSR count). The lowest BCUT2D eigenvalue weighted by Gasteiger charge is -2.07. The van der Waals surface area contributed by atoms with Gasteiger partial charge in [-0.25, -0.2) is 9.97 Å². The van der Waals surface area contributed by atoms with Gasteiger partial charge >= 0.3 is 6.61 Å². The largest absolute Gasteiger partial charge is 0.434 e. The number of nitrogen functional groups attached to an aromatic ring is 1. The van der Waals surface area contributed by atoms with Crippen LogP contribution in [0, 0.1) is 0 Å². The number of fused-ring (bicyclic) bond motifs is 3. The number of para-hydroxylation sites is 2. The summed E-state index contributed by atoms with van der Waals surface area (Å²) in [5.41, 5.74) is 7.46. The van der Waals surface area contributed by atoms with Crippen LogP contribution in [0.3, 0.4) is 0 Å². The molecule has 4 aromatic rings. The van der Waals surface area contributed by atoms with Gasteiger partial charge < -0.3 is 10.5 Å². The zero-order valence-corrected chi connectivity index (χ0v) is 12.2. The van der Waals surface area contributed by atoms with Crippen LogP contribution in [0.2, 0.25) is 0 Å². The normalized spacial score (nSPS) is 11.5. The first-order valence-electron chi connectivity index (χ1n) is 7.08. The Morgan fingerprint density at radius 3 is 2.58 bits per heavy atom. The third-order valence-electron chi connectivity index (χ3n) is 3.55. The molecule has 0 aliphatic carbocycles. The van der Waals surface area contributed by atoms with Gasteiger partial charge in [-0.2, -0.15) is 13.3 Å². The minimum Gasteiger partial charge on any atom is -0.434 e. The smallest absolute Gasteiger partial charge is 0.387 e. The molecular formula is C16H11F2N5O. The second-order valence-corrected chi connectivity index (χ2v) is 5.03. The maximum absolute atomic E-state index is 12.6. The molecule has 0 bridgehead atoms. The number of nitrogens with two attached hydrogens (primary N) is 1. The molecular weight excluding hydrogens is 316 g/mol. The predicted octanol–water partition coefficient (Wildman–Crippen LogP) is 3.13. The van der Waals surface area contributed by atoms with Crippen LogP contribution >= 0.6 is 0 Å². The van der Waals surface area contributed by atoms with Gasteiger partial charge in [0.2, 0.25) is 5.95 Å². The van der Waals surface area contributed by atoms with E-state index in [1.807, 2.05) is 24.3 Å². The second kappa shape index (κ2) is 5.41. The third-order valence-corrected chi connectivity index (χ3v) is 3.55. The fraction of sp³-hybridized carbons (Fsp3) is 0.0625. The second-order valence-electron chi connectivity index (χ2n) is 5.03. The fourth-order valence-electron chi connectivity index (χ4n) is 2.54. The molecule has 0 amide bonds. The summed E-state index contributed by atoms with van der Waals surface area (Å²) in [7, 11) is 0. The Balaban J connectivity index is 1.96. The number of ether oxygens (including phenoxy) is 1. The molecule has 0 fully saturated rings. The van der Waals surface area contributed by atoms with Crippen LogP contribution in [0.1, 0.15) is 0 Å². The van der Waals surface area contributed by atoms with Crippen molar-refractivity contribution in [2.24, 2.45) is 0 Å². The van der Waals surface area contributed by atoms with Crippen LogP contribution in [0.5, 0.6) is 5.75 Å². The molecule has 0 radical (unpaired) electrons. The molecule has 24 heavy (non-hydrogen) atoms. The Kier molecular flexibility index (Phi) is 3.23. The van der Waals surface area contributed by atoms with E-state index in [1.165, 1.54) is 10.6 Å². The van der Waals surface area contributed by atoms with E-state index >= 15 is 0 Å². The molecule has 8 heteroatoms. The van der Waals surface area contributed by atoms with Crippen molar-refractivity contribution in [2.75, 3.05) is 5.73 Å². The zero-order valence-electron chi connectivity index (χ0n) is 12.2. The quantitative estimate of drug-likeness (QED) is 0.625. The van der Waals surface area contributed by atoms with Crippen LogP contribution < -0.4 is 10.5 Å². The lowest BCUT2D eigenvalue weighted by molar-refractivity contribution is -0.0494. The first-order valence-corrected chi connectivity index (χ1v) is 7.08. The Hall–Kier alpha value is -3.29. The van der Waals surface area contributed by atoms with E-state index in [0.29, 0.717) is 16.7 Å². The van der Waals surface area contributed by atoms with Gasteiger partial charge in [-0.1, -0.05) is 24.3 Å². The van der Waals surface area contributed by atoms with Crippen molar-refractivity contribution in [2.45, 2.75) is 6.61 Å². The summed E-state index contributed by atoms with van der Waals surface area (Å²) in [4.78, 5) is 8.72. The number of anilines is 1. The molecule has 0 aliphatic rings. The van der Waals surface area contributed by atoms with E-state index < -0.39 is 6.61 Å². The molecule has 2 heterocycles. The molecule has 0 atom stereocenters. The van der Waals surface area contributed by atoms with E-state index in [9.17, 15) is 8.78 Å². The maximum atomic E-state index is 12.6. The first-order chi connectivity index (χ1) is 11.6. The van der Waals surface area contributed by atoms with Crippen LogP contribution in [-0.2, 0) is 0 Å². The fourth-order valence-corrected chi connectivity index (χ4v) is 2.54. The number of halogens is 2. The van der Waals surface area contributed by atoms with Gasteiger partial charge in [-0.3, -0.25) is 0 Å². The van der Waals surface area contributed by atoms with Gasteiger partial charge in [0.25, 0.3) is 0 Å². The lowest BCUT2D eigenvalue weighted by Crippen LogP contribution is -2.04. The number of hydrogen-bond acceptors (Lipinski definition) is 5. The van der Waals surface area contributed by atoms with Gasteiger partial charge in [-0.05, 0) is 24.3 Å². The number of aromatic nitrogens is 4. The van der Waals surface area contributed by atoms with Gasteiger partial charge in [0.05, 0.1) is 11.1 Å². The van der Waals surface area contributed by atoms with Crippen molar-refractivity contribution in [1.29, 1.82) is 0 Å². The van der Waals surface area contributed by atoms with Crippen LogP contribution in [0.4, 0.5) is 14.7 Å². The minimum atomic E-state index is -2.93. The van der Waals surface area contributed by atoms with Gasteiger partial charge in [-0.15, -0.1) is 5.10 Å². The summed E-state index contributed by atoms with van der Waals surface area (Å²) in [6.07, 6.45) is 0. The highest BCUT2D eigenvalue weighted by Gasteiger charge is 2.17. The number of hydrogen-bond donors (Lipinski definition) is 1. The van der Waals surface area contributed by atoms with Gasteiger partial charge in [0.1, 0.15) is 5.75 Å². The van der Waals surface area contributed by atoms with Crippen LogP contribution in [-0.4, -0.2) is 26.2 Å². The minimum absolute atomic E-state index is 0.000702. The van der Waals surface area contributed by atoms with Crippen molar-refractivity contribution in [1.82, 2.24) is 19.6 Å². The molecule has 2 aromatic carbocycles. The van der Waals surface area contributed by atoms with E-state index in [4.69, 9.17) is 5.73 Å². The van der Waals surface area contributed by atoms with E-state index in [0.717, 1.165) is 5.39 Å². The Labute approximate surface area is 134 Å². The SMILES string of the molecule is Nc1nc2ccccc2c2nc(-c3ccccc3OC(F)F)nn12. The molecule has 0 saturated heterocycles. The van der Waals surface area contributed by atoms with E-state index in [-0.39, 0.29) is 17.5 Å². The zero-order chi connectivity index (χ0) is 16.7. The summed E-state index contributed by atoms with van der Waals surface area (Å²) in [6, 6.07) is 13.7. The summed E-state index contributed by atoms with van der Waals surface area (Å²) < 4.78 is 31.1. The molecule has 2 N–H and O–H groups in total. The number of benzene rings is 2. The van der Waals surface area contributed by atoms with Crippen molar-refractivity contribution >= 4 is 22.5 Å². The molecule has 0 spiro atoms. The molecule has 0 unspecified atom stereocenters. The highest BCUT2D eigenvalue weighted by Crippen LogP contribution is 2.30. The molecule has 0 saturated carbocycles. The monoisotopic (exact) mass is 327 g/mol. The number of alkyl halides is 2. The third kappa shape index (κ3) is 2.28. The van der Waals surface area contributed by atoms with Crippen molar-refractivity contribution < 1.29 is 13.5 Å². The van der Waals surface area contributed by atoms with Gasteiger partial charge in [0, 0.05) is 5.39 Å². The molecule has 120 valence electrons. The maximum Gasteiger partial charge on any atom is 0.387 e. The molecule has 0 aliphatic heterocycles. The predicted molar refractivity (Wildman–Crippen MR) is 84.8 cm³/mol. The highest BCUT2D eigenvalue weighted by molar-refractivity contribution is 5.92. The first kappa shape index (κ1) is 14.3. The molecule has 6 nitrogen and oxygen atoms in total. The summed E-state index contributed by atoms with van der Waals surface area (Å²) in [5, 5.41) is 5.06. The Morgan fingerprint density at radius 2 is 1.75 bits per heavy atom. The van der Waals surface area contributed by atoms with Gasteiger partial charge in [0.15, 0.2) is 11.5 Å². The Bertz CT molecular complexity index is 1050. The topological polar surface area (TPSA) is 78.3 Å². The van der Waals surface area contributed by atoms with Crippen LogP contribution in [0.15, 0.2) is 48.5 Å². The molecule has 2 aromatic heterocycles. The highest BCUT2D eigenvalue weighted by atomic mass is 19.3. The lowest BCUT2D eigenvalue weighted by atomic mass is 10.2. The van der Waals surface area contributed by atoms with Crippen molar-refractivity contribution in [3.05, 3.63) is 48.5 Å². The van der Waals surface area contributed by atoms with Crippen molar-refractivity contribution in [3.8, 4) is 17.1 Å². The van der Waals surface area contributed by atoms with E-state index in [1.54, 1.807) is 18.2 Å². The standard InChI is InChI=1S/C16H11F2N5O/c17-15(18)24-12-8-4-2-6-10(12)13-21-14-9-5-1-3-7-11(9)20-16(19)23(14)22-13/h1-8,15H,(H2,19,20). The van der Waals surface area contributed by atoms with Crippen molar-refractivity contribution in [3.63, 3.8) is 0 Å². The van der Waals surface area contributed by atoms with Crippen LogP contribution in [0.25, 0.3) is 27.9 Å². The summed E-state index contributed by atoms with van der Waals surface area (Å²) in [6.45, 7) is -2.93. The summed E-state index contributed by atoms with van der Waals surface area (Å²) >= 11 is 0. The summed E-state index contributed by atoms with van der Waals surface area (Å²) in [5.74, 6) is 0.394. The average Bonchev–Trinajstić information content (AvgIpc) is 3.01. The number of rotatable bonds is 3. The van der Waals surface area contributed by atoms with E-state index in [2.05, 4.69) is 19.8 Å².